The molecular formula is C16H19ClN2O5S2. The number of halogens is 1. The maximum Gasteiger partial charge on any atom is 0.242 e. The number of nitrogens with zero attached hydrogens (tertiary/aromatic N) is 1. The second kappa shape index (κ2) is 7.93. The average Bonchev–Trinajstić information content (AvgIpc) is 2.60. The lowest BCUT2D eigenvalue weighted by atomic mass is 10.2. The van der Waals surface area contributed by atoms with Gasteiger partial charge in [-0.2, -0.15) is 0 Å². The van der Waals surface area contributed by atoms with E-state index in [1.54, 1.807) is 12.1 Å². The number of ether oxygens (including phenoxy) is 1. The summed E-state index contributed by atoms with van der Waals surface area (Å²) in [7, 11) is -2.98. The molecular weight excluding hydrogens is 400 g/mol. The van der Waals surface area contributed by atoms with E-state index in [0.717, 1.165) is 4.31 Å². The Labute approximate surface area is 158 Å². The van der Waals surface area contributed by atoms with Gasteiger partial charge >= 0.3 is 0 Å². The monoisotopic (exact) mass is 418 g/mol. The van der Waals surface area contributed by atoms with Gasteiger partial charge in [0.15, 0.2) is 0 Å². The van der Waals surface area contributed by atoms with Crippen LogP contribution >= 0.6 is 11.6 Å². The first-order chi connectivity index (χ1) is 12.1. The van der Waals surface area contributed by atoms with Crippen molar-refractivity contribution >= 4 is 31.6 Å². The third-order valence-electron chi connectivity index (χ3n) is 3.60. The van der Waals surface area contributed by atoms with Crippen LogP contribution in [0.25, 0.3) is 0 Å². The quantitative estimate of drug-likeness (QED) is 0.743. The molecule has 1 N–H and O–H groups in total. The summed E-state index contributed by atoms with van der Waals surface area (Å²) < 4.78 is 57.3. The van der Waals surface area contributed by atoms with Crippen molar-refractivity contribution in [2.45, 2.75) is 16.3 Å². The fraction of sp³-hybridized carbons (Fsp3) is 0.250. The predicted octanol–water partition coefficient (Wildman–Crippen LogP) is 2.08. The summed E-state index contributed by atoms with van der Waals surface area (Å²) in [6.07, 6.45) is 0. The summed E-state index contributed by atoms with van der Waals surface area (Å²) in [4.78, 5) is 0.145. The van der Waals surface area contributed by atoms with Gasteiger partial charge in [-0.25, -0.2) is 25.9 Å². The first-order valence-corrected chi connectivity index (χ1v) is 10.7. The van der Waals surface area contributed by atoms with Crippen molar-refractivity contribution in [3.8, 4) is 5.75 Å². The molecule has 2 rings (SSSR count). The van der Waals surface area contributed by atoms with Crippen LogP contribution in [0.4, 0.5) is 0 Å². The Bertz CT molecular complexity index is 988. The Hall–Kier alpha value is -1.65. The third kappa shape index (κ3) is 4.54. The molecule has 0 unspecified atom stereocenters. The van der Waals surface area contributed by atoms with Crippen LogP contribution in [-0.4, -0.2) is 42.3 Å². The molecule has 0 amide bonds. The van der Waals surface area contributed by atoms with E-state index in [4.69, 9.17) is 16.3 Å². The summed E-state index contributed by atoms with van der Waals surface area (Å²) in [5, 5.41) is 0.189. The number of hydrogen-bond donors (Lipinski definition) is 1. The summed E-state index contributed by atoms with van der Waals surface area (Å²) in [5.41, 5.74) is 0.617. The van der Waals surface area contributed by atoms with E-state index < -0.39 is 20.0 Å². The van der Waals surface area contributed by atoms with Gasteiger partial charge in [0, 0.05) is 20.6 Å². The van der Waals surface area contributed by atoms with Gasteiger partial charge in [0.2, 0.25) is 20.0 Å². The Kier molecular flexibility index (Phi) is 6.30. The Morgan fingerprint density at radius 3 is 2.08 bits per heavy atom. The Morgan fingerprint density at radius 1 is 1.00 bits per heavy atom. The highest BCUT2D eigenvalue weighted by Gasteiger charge is 2.18. The molecule has 0 aliphatic heterocycles. The van der Waals surface area contributed by atoms with Crippen molar-refractivity contribution in [2.75, 3.05) is 21.2 Å². The largest absolute Gasteiger partial charge is 0.495 e. The van der Waals surface area contributed by atoms with Crippen LogP contribution in [0.15, 0.2) is 52.3 Å². The van der Waals surface area contributed by atoms with E-state index in [0.29, 0.717) is 11.3 Å². The zero-order chi connectivity index (χ0) is 19.5. The molecule has 0 atom stereocenters. The molecule has 26 heavy (non-hydrogen) atoms. The zero-order valence-corrected chi connectivity index (χ0v) is 16.8. The molecule has 0 aromatic heterocycles. The Morgan fingerprint density at radius 2 is 1.58 bits per heavy atom. The number of sulfonamides is 2. The minimum absolute atomic E-state index is 0.00821. The summed E-state index contributed by atoms with van der Waals surface area (Å²) >= 11 is 5.96. The van der Waals surface area contributed by atoms with Crippen molar-refractivity contribution in [3.05, 3.63) is 53.1 Å². The van der Waals surface area contributed by atoms with Crippen molar-refractivity contribution in [3.63, 3.8) is 0 Å². The van der Waals surface area contributed by atoms with E-state index in [-0.39, 0.29) is 21.4 Å². The second-order valence-corrected chi connectivity index (χ2v) is 9.88. The van der Waals surface area contributed by atoms with Crippen molar-refractivity contribution in [1.29, 1.82) is 0 Å². The highest BCUT2D eigenvalue weighted by atomic mass is 35.5. The van der Waals surface area contributed by atoms with Crippen LogP contribution in [0.5, 0.6) is 5.75 Å². The average molecular weight is 419 g/mol. The van der Waals surface area contributed by atoms with E-state index in [2.05, 4.69) is 4.72 Å². The number of hydrogen-bond acceptors (Lipinski definition) is 5. The van der Waals surface area contributed by atoms with E-state index in [1.165, 1.54) is 51.5 Å². The van der Waals surface area contributed by atoms with E-state index >= 15 is 0 Å². The third-order valence-corrected chi connectivity index (χ3v) is 7.13. The molecule has 0 aliphatic carbocycles. The summed E-state index contributed by atoms with van der Waals surface area (Å²) in [6, 6.07) is 10.1. The van der Waals surface area contributed by atoms with Gasteiger partial charge in [0.25, 0.3) is 0 Å². The standard InChI is InChI=1S/C16H19ClN2O5S2/c1-19(2)26(22,23)13-6-4-12(5-7-13)11-18-25(20,21)14-8-9-16(24-3)15(17)10-14/h4-10,18H,11H2,1-3H3. The first kappa shape index (κ1) is 20.7. The smallest absolute Gasteiger partial charge is 0.242 e. The van der Waals surface area contributed by atoms with Gasteiger partial charge in [-0.3, -0.25) is 0 Å². The van der Waals surface area contributed by atoms with Crippen molar-refractivity contribution in [2.24, 2.45) is 0 Å². The van der Waals surface area contributed by atoms with Crippen molar-refractivity contribution < 1.29 is 21.6 Å². The van der Waals surface area contributed by atoms with Gasteiger partial charge < -0.3 is 4.74 Å². The summed E-state index contributed by atoms with van der Waals surface area (Å²) in [6.45, 7) is 0.00821. The van der Waals surface area contributed by atoms with Gasteiger partial charge in [-0.1, -0.05) is 23.7 Å². The molecule has 0 aliphatic rings. The van der Waals surface area contributed by atoms with Gasteiger partial charge in [-0.15, -0.1) is 0 Å². The highest BCUT2D eigenvalue weighted by Crippen LogP contribution is 2.27. The minimum Gasteiger partial charge on any atom is -0.495 e. The molecule has 10 heteroatoms. The molecule has 0 heterocycles. The Balaban J connectivity index is 2.14. The molecule has 2 aromatic carbocycles. The molecule has 0 saturated heterocycles. The topological polar surface area (TPSA) is 92.8 Å². The maximum absolute atomic E-state index is 12.4. The van der Waals surface area contributed by atoms with E-state index in [9.17, 15) is 16.8 Å². The lowest BCUT2D eigenvalue weighted by Crippen LogP contribution is -2.24. The van der Waals surface area contributed by atoms with Crippen LogP contribution in [0.2, 0.25) is 5.02 Å². The molecule has 142 valence electrons. The minimum atomic E-state index is -3.77. The predicted molar refractivity (Wildman–Crippen MR) is 99.3 cm³/mol. The van der Waals surface area contributed by atoms with Crippen LogP contribution in [0.1, 0.15) is 5.56 Å². The van der Waals surface area contributed by atoms with Crippen LogP contribution in [-0.2, 0) is 26.6 Å². The number of rotatable bonds is 7. The summed E-state index contributed by atoms with van der Waals surface area (Å²) in [5.74, 6) is 0.378. The molecule has 0 spiro atoms. The normalized spacial score (nSPS) is 12.3. The van der Waals surface area contributed by atoms with Crippen molar-refractivity contribution in [1.82, 2.24) is 9.03 Å². The highest BCUT2D eigenvalue weighted by molar-refractivity contribution is 7.89. The molecule has 0 radical (unpaired) electrons. The number of methoxy groups -OCH3 is 1. The molecule has 0 bridgehead atoms. The van der Waals surface area contributed by atoms with Gasteiger partial charge in [0.1, 0.15) is 5.75 Å². The zero-order valence-electron chi connectivity index (χ0n) is 14.4. The lowest BCUT2D eigenvalue weighted by molar-refractivity contribution is 0.414. The first-order valence-electron chi connectivity index (χ1n) is 7.42. The number of nitrogens with one attached hydrogen (secondary N) is 1. The second-order valence-electron chi connectivity index (χ2n) is 5.55. The van der Waals surface area contributed by atoms with Gasteiger partial charge in [-0.05, 0) is 35.9 Å². The van der Waals surface area contributed by atoms with E-state index in [1.807, 2.05) is 0 Å². The SMILES string of the molecule is COc1ccc(S(=O)(=O)NCc2ccc(S(=O)(=O)N(C)C)cc2)cc1Cl. The molecule has 7 nitrogen and oxygen atoms in total. The van der Waals surface area contributed by atoms with Crippen LogP contribution < -0.4 is 9.46 Å². The molecule has 0 fully saturated rings. The lowest BCUT2D eigenvalue weighted by Gasteiger charge is -2.12. The maximum atomic E-state index is 12.4. The molecule has 2 aromatic rings. The molecule has 0 saturated carbocycles. The van der Waals surface area contributed by atoms with Gasteiger partial charge in [0.05, 0.1) is 21.9 Å². The number of benzene rings is 2. The fourth-order valence-electron chi connectivity index (χ4n) is 2.07. The fourth-order valence-corrected chi connectivity index (χ4v) is 4.33. The van der Waals surface area contributed by atoms with Crippen LogP contribution in [0.3, 0.4) is 0 Å². The van der Waals surface area contributed by atoms with Crippen LogP contribution in [0, 0.1) is 0 Å².